The highest BCUT2D eigenvalue weighted by molar-refractivity contribution is 5.35. The Morgan fingerprint density at radius 1 is 0.937 bits per heavy atom. The van der Waals surface area contributed by atoms with E-state index >= 15 is 0 Å². The molecule has 0 radical (unpaired) electrons. The highest BCUT2D eigenvalue weighted by Gasteiger charge is 2.52. The Balaban J connectivity index is 1.08. The van der Waals surface area contributed by atoms with Gasteiger partial charge in [0, 0.05) is 65.3 Å². The molecule has 0 aromatic heterocycles. The molecule has 5 heterocycles. The summed E-state index contributed by atoms with van der Waals surface area (Å²) in [5, 5.41) is 32.9. The number of hydrogen-bond acceptors (Lipinski definition) is 13. The van der Waals surface area contributed by atoms with Crippen LogP contribution in [0.2, 0.25) is 0 Å². The fourth-order valence-electron chi connectivity index (χ4n) is 11.2. The molecule has 4 saturated heterocycles. The normalized spacial score (nSPS) is 44.5. The first kappa shape index (κ1) is 49.1. The first-order chi connectivity index (χ1) is 30.2. The molecule has 0 aromatic rings. The van der Waals surface area contributed by atoms with Gasteiger partial charge < -0.3 is 62.7 Å². The third kappa shape index (κ3) is 11.1. The average molecular weight is 887 g/mol. The molecule has 5 aliphatic heterocycles. The standard InChI is InChI=1S/C50H78O13/c1-29-21-23-50(53)36(28-57-48(50)43(29)51)17-13-14-30(2)45(60-42-26-40(56-9)47(34(6)59-42)61-41-25-39(55-8)44(52)33(5)58-41)31(3)18-19-37-24-38(54-7)27-49(62-37)22-20-32(4)46(63-49)35-15-11-10-12-16-35/h13-14,17-18,20-22,30,32-35,37-48,51-53H,10-12,15-16,19,23-28H2,1-9H3/b14-13+,31-18+,36-17+/t30-,32-,33-,34-,37+,38-,39-,40-,41-,42-,43+,44-,45-,46-,47-,48+,49+,50-/m0/s1. The number of hydrogen-bond donors (Lipinski definition) is 3. The SMILES string of the molecule is CO[C@H]1C[C@@H](C/C=C(\C)[C@@H](O[C@H]2C[C@H](OC)[C@@H](O[C@H]3C[C@H](OC)[C@@H](O)[C@H](C)O3)[C@H](C)O2)[C@@H](C)/C=C/C=C2\CO[C@@H]3[C@H](O)C(C)=CC[C@]23O)O[C@@]2(C=C[C@H](C)[C@@H](C3CCCCC3)O2)C1. The minimum absolute atomic E-state index is 0.00549. The number of allylic oxidation sites excluding steroid dienone is 2. The van der Waals surface area contributed by atoms with Crippen molar-refractivity contribution in [3.63, 3.8) is 0 Å². The monoisotopic (exact) mass is 887 g/mol. The van der Waals surface area contributed by atoms with E-state index in [9.17, 15) is 15.3 Å². The van der Waals surface area contributed by atoms with E-state index < -0.39 is 72.8 Å². The van der Waals surface area contributed by atoms with Gasteiger partial charge in [0.2, 0.25) is 0 Å². The summed E-state index contributed by atoms with van der Waals surface area (Å²) in [6, 6.07) is 0. The molecular formula is C50H78O13. The lowest BCUT2D eigenvalue weighted by Gasteiger charge is -2.48. The zero-order chi connectivity index (χ0) is 45.1. The minimum Gasteiger partial charge on any atom is -0.388 e. The number of methoxy groups -OCH3 is 3. The highest BCUT2D eigenvalue weighted by atomic mass is 16.7. The van der Waals surface area contributed by atoms with Crippen LogP contribution in [-0.2, 0) is 47.4 Å². The molecule has 13 nitrogen and oxygen atoms in total. The van der Waals surface area contributed by atoms with Crippen molar-refractivity contribution < 1.29 is 62.7 Å². The van der Waals surface area contributed by atoms with Crippen LogP contribution in [0.1, 0.15) is 112 Å². The van der Waals surface area contributed by atoms with E-state index in [1.807, 2.05) is 39.0 Å². The van der Waals surface area contributed by atoms with Gasteiger partial charge in [0.25, 0.3) is 0 Å². The fourth-order valence-corrected chi connectivity index (χ4v) is 11.2. The molecule has 0 unspecified atom stereocenters. The zero-order valence-electron chi connectivity index (χ0n) is 39.3. The van der Waals surface area contributed by atoms with Gasteiger partial charge in [0.1, 0.15) is 30.0 Å². The molecule has 1 spiro atoms. The van der Waals surface area contributed by atoms with Crippen LogP contribution in [0.5, 0.6) is 0 Å². The van der Waals surface area contributed by atoms with Crippen LogP contribution in [0.15, 0.2) is 59.3 Å². The van der Waals surface area contributed by atoms with Crippen molar-refractivity contribution in [2.75, 3.05) is 27.9 Å². The van der Waals surface area contributed by atoms with Gasteiger partial charge in [-0.2, -0.15) is 0 Å². The van der Waals surface area contributed by atoms with Gasteiger partial charge in [0.05, 0.1) is 55.4 Å². The molecule has 0 amide bonds. The first-order valence-electron chi connectivity index (χ1n) is 23.8. The van der Waals surface area contributed by atoms with Crippen molar-refractivity contribution in [2.45, 2.75) is 209 Å². The van der Waals surface area contributed by atoms with Gasteiger partial charge in [-0.1, -0.05) is 69.6 Å². The number of rotatable bonds is 14. The molecule has 7 rings (SSSR count). The quantitative estimate of drug-likeness (QED) is 0.158. The molecule has 7 aliphatic rings. The topological polar surface area (TPSA) is 153 Å². The predicted octanol–water partition coefficient (Wildman–Crippen LogP) is 6.78. The number of aliphatic hydroxyl groups is 3. The van der Waals surface area contributed by atoms with Gasteiger partial charge in [-0.3, -0.25) is 0 Å². The van der Waals surface area contributed by atoms with Crippen molar-refractivity contribution in [3.05, 3.63) is 59.3 Å². The molecule has 13 heteroatoms. The van der Waals surface area contributed by atoms with Crippen molar-refractivity contribution >= 4 is 0 Å². The van der Waals surface area contributed by atoms with E-state index in [2.05, 4.69) is 45.1 Å². The Kier molecular flexibility index (Phi) is 16.7. The maximum Gasteiger partial charge on any atom is 0.190 e. The summed E-state index contributed by atoms with van der Waals surface area (Å²) >= 11 is 0. The molecular weight excluding hydrogens is 809 g/mol. The summed E-state index contributed by atoms with van der Waals surface area (Å²) < 4.78 is 63.5. The predicted molar refractivity (Wildman–Crippen MR) is 236 cm³/mol. The lowest BCUT2D eigenvalue weighted by molar-refractivity contribution is -0.318. The van der Waals surface area contributed by atoms with E-state index in [0.717, 1.165) is 23.1 Å². The Hall–Kier alpha value is -1.82. The molecule has 3 N–H and O–H groups in total. The Morgan fingerprint density at radius 3 is 2.40 bits per heavy atom. The molecule has 2 aliphatic carbocycles. The summed E-state index contributed by atoms with van der Waals surface area (Å²) in [4.78, 5) is 0. The summed E-state index contributed by atoms with van der Waals surface area (Å²) in [5.74, 6) is -0.0706. The van der Waals surface area contributed by atoms with E-state index in [0.29, 0.717) is 43.9 Å². The van der Waals surface area contributed by atoms with Gasteiger partial charge >= 0.3 is 0 Å². The van der Waals surface area contributed by atoms with Gasteiger partial charge in [-0.25, -0.2) is 0 Å². The van der Waals surface area contributed by atoms with E-state index in [-0.39, 0.29) is 36.9 Å². The number of fused-ring (bicyclic) bond motifs is 1. The van der Waals surface area contributed by atoms with Crippen LogP contribution in [0, 0.1) is 17.8 Å². The average Bonchev–Trinajstić information content (AvgIpc) is 3.62. The fraction of sp³-hybridized carbons (Fsp3) is 0.800. The second-order valence-corrected chi connectivity index (χ2v) is 19.6. The lowest BCUT2D eigenvalue weighted by Crippen LogP contribution is -2.55. The van der Waals surface area contributed by atoms with Gasteiger partial charge in [-0.15, -0.1) is 0 Å². The third-order valence-corrected chi connectivity index (χ3v) is 15.1. The van der Waals surface area contributed by atoms with Crippen molar-refractivity contribution in [3.8, 4) is 0 Å². The van der Waals surface area contributed by atoms with Crippen molar-refractivity contribution in [2.24, 2.45) is 17.8 Å². The second-order valence-electron chi connectivity index (χ2n) is 19.6. The summed E-state index contributed by atoms with van der Waals surface area (Å²) in [6.07, 6.45) is 18.0. The van der Waals surface area contributed by atoms with Gasteiger partial charge in [-0.05, 0) is 75.7 Å². The van der Waals surface area contributed by atoms with Crippen LogP contribution in [-0.4, -0.2) is 140 Å². The van der Waals surface area contributed by atoms with Crippen LogP contribution in [0.25, 0.3) is 0 Å². The van der Waals surface area contributed by atoms with Gasteiger partial charge in [0.15, 0.2) is 18.4 Å². The highest BCUT2D eigenvalue weighted by Crippen LogP contribution is 2.44. The molecule has 5 fully saturated rings. The maximum atomic E-state index is 11.6. The van der Waals surface area contributed by atoms with Crippen LogP contribution in [0.3, 0.4) is 0 Å². The Bertz CT molecular complexity index is 1660. The summed E-state index contributed by atoms with van der Waals surface area (Å²) in [7, 11) is 5.04. The Morgan fingerprint density at radius 2 is 1.67 bits per heavy atom. The smallest absolute Gasteiger partial charge is 0.190 e. The largest absolute Gasteiger partial charge is 0.388 e. The van der Waals surface area contributed by atoms with E-state index in [1.54, 1.807) is 21.3 Å². The van der Waals surface area contributed by atoms with Crippen molar-refractivity contribution in [1.29, 1.82) is 0 Å². The van der Waals surface area contributed by atoms with Crippen LogP contribution in [0.4, 0.5) is 0 Å². The number of aliphatic hydroxyl groups excluding tert-OH is 2. The minimum atomic E-state index is -1.26. The van der Waals surface area contributed by atoms with E-state index in [4.69, 9.17) is 47.4 Å². The third-order valence-electron chi connectivity index (χ3n) is 15.1. The second kappa shape index (κ2) is 21.4. The Labute approximate surface area is 376 Å². The van der Waals surface area contributed by atoms with Crippen LogP contribution >= 0.6 is 0 Å². The maximum absolute atomic E-state index is 11.6. The molecule has 63 heavy (non-hydrogen) atoms. The molecule has 1 saturated carbocycles. The lowest BCUT2D eigenvalue weighted by atomic mass is 9.78. The molecule has 0 bridgehead atoms. The number of ether oxygens (including phenoxy) is 10. The zero-order valence-corrected chi connectivity index (χ0v) is 39.3. The summed E-state index contributed by atoms with van der Waals surface area (Å²) in [5.41, 5.74) is 1.32. The van der Waals surface area contributed by atoms with E-state index in [1.165, 1.54) is 32.1 Å². The summed E-state index contributed by atoms with van der Waals surface area (Å²) in [6.45, 7) is 12.4. The molecule has 18 atom stereocenters. The van der Waals surface area contributed by atoms with Crippen LogP contribution < -0.4 is 0 Å². The molecule has 356 valence electrons. The molecule has 0 aromatic carbocycles. The van der Waals surface area contributed by atoms with Crippen molar-refractivity contribution in [1.82, 2.24) is 0 Å². The first-order valence-corrected chi connectivity index (χ1v) is 23.8.